The van der Waals surface area contributed by atoms with Gasteiger partial charge in [0.1, 0.15) is 17.0 Å². The average molecular weight is 625 g/mol. The van der Waals surface area contributed by atoms with E-state index >= 15 is 0 Å². The summed E-state index contributed by atoms with van der Waals surface area (Å²) >= 11 is 0. The van der Waals surface area contributed by atoms with Crippen molar-refractivity contribution in [1.82, 2.24) is 5.32 Å². The Hall–Kier alpha value is -4.98. The average Bonchev–Trinajstić information content (AvgIpc) is 2.95. The standard InChI is InChI=1S/C38H41FN2O5/c1-37(2,3)45-34(42)23-28-14-10-11-15-33(28)41-35(43)31-18-26(16-25-12-8-7-9-13-25)17-29(21-31)30-19-27(20-32(39)22-30)24-40-36(44)46-38(4,5)6/h7-15,17-22H,16,23-24H2,1-6H3,(H,40,44)(H,41,43). The van der Waals surface area contributed by atoms with Crippen molar-refractivity contribution in [2.75, 3.05) is 5.32 Å². The number of amides is 2. The summed E-state index contributed by atoms with van der Waals surface area (Å²) in [5.74, 6) is -1.26. The van der Waals surface area contributed by atoms with Gasteiger partial charge in [0.25, 0.3) is 5.91 Å². The third kappa shape index (κ3) is 10.6. The number of hydrogen-bond donors (Lipinski definition) is 2. The summed E-state index contributed by atoms with van der Waals surface area (Å²) in [7, 11) is 0. The van der Waals surface area contributed by atoms with E-state index in [2.05, 4.69) is 10.6 Å². The van der Waals surface area contributed by atoms with Crippen molar-refractivity contribution in [3.63, 3.8) is 0 Å². The van der Waals surface area contributed by atoms with E-state index in [4.69, 9.17) is 9.47 Å². The summed E-state index contributed by atoms with van der Waals surface area (Å²) in [6.45, 7) is 10.8. The van der Waals surface area contributed by atoms with Crippen LogP contribution in [0.25, 0.3) is 11.1 Å². The van der Waals surface area contributed by atoms with E-state index in [1.807, 2.05) is 42.5 Å². The van der Waals surface area contributed by atoms with Crippen molar-refractivity contribution < 1.29 is 28.2 Å². The maximum atomic E-state index is 14.9. The Balaban J connectivity index is 1.65. The molecule has 0 saturated heterocycles. The normalized spacial score (nSPS) is 11.5. The molecular weight excluding hydrogens is 583 g/mol. The highest BCUT2D eigenvalue weighted by Gasteiger charge is 2.20. The van der Waals surface area contributed by atoms with E-state index in [1.165, 1.54) is 12.1 Å². The zero-order valence-corrected chi connectivity index (χ0v) is 27.2. The highest BCUT2D eigenvalue weighted by Crippen LogP contribution is 2.27. The largest absolute Gasteiger partial charge is 0.460 e. The zero-order valence-electron chi connectivity index (χ0n) is 27.2. The van der Waals surface area contributed by atoms with Crippen LogP contribution in [0.1, 0.15) is 74.2 Å². The molecule has 0 atom stereocenters. The quantitative estimate of drug-likeness (QED) is 0.183. The van der Waals surface area contributed by atoms with Crippen LogP contribution >= 0.6 is 0 Å². The van der Waals surface area contributed by atoms with Crippen molar-refractivity contribution in [3.8, 4) is 11.1 Å². The minimum Gasteiger partial charge on any atom is -0.460 e. The van der Waals surface area contributed by atoms with Crippen LogP contribution in [0.5, 0.6) is 0 Å². The summed E-state index contributed by atoms with van der Waals surface area (Å²) in [5.41, 5.74) is 3.83. The third-order valence-corrected chi connectivity index (χ3v) is 6.65. The number of benzene rings is 4. The van der Waals surface area contributed by atoms with E-state index < -0.39 is 29.1 Å². The molecule has 0 aromatic heterocycles. The number of hydrogen-bond acceptors (Lipinski definition) is 5. The number of rotatable bonds is 9. The Kier molecular flexibility index (Phi) is 10.6. The molecule has 0 bridgehead atoms. The fraction of sp³-hybridized carbons (Fsp3) is 0.289. The van der Waals surface area contributed by atoms with Gasteiger partial charge in [-0.3, -0.25) is 9.59 Å². The number of nitrogens with one attached hydrogen (secondary N) is 2. The lowest BCUT2D eigenvalue weighted by Gasteiger charge is -2.20. The summed E-state index contributed by atoms with van der Waals surface area (Å²) in [6.07, 6.45) is -0.0581. The first-order valence-electron chi connectivity index (χ1n) is 15.2. The lowest BCUT2D eigenvalue weighted by Crippen LogP contribution is -2.32. The van der Waals surface area contributed by atoms with E-state index in [1.54, 1.807) is 77.9 Å². The maximum Gasteiger partial charge on any atom is 0.407 e. The second-order valence-corrected chi connectivity index (χ2v) is 13.2. The molecule has 0 radical (unpaired) electrons. The van der Waals surface area contributed by atoms with Gasteiger partial charge in [-0.25, -0.2) is 9.18 Å². The summed E-state index contributed by atoms with van der Waals surface area (Å²) in [6, 6.07) is 26.9. The topological polar surface area (TPSA) is 93.7 Å². The SMILES string of the molecule is CC(C)(C)OC(=O)Cc1ccccc1NC(=O)c1cc(Cc2ccccc2)cc(-c2cc(F)cc(CNC(=O)OC(C)(C)C)c2)c1. The van der Waals surface area contributed by atoms with Gasteiger partial charge in [0, 0.05) is 17.8 Å². The Bertz CT molecular complexity index is 1700. The number of carbonyl (C=O) groups excluding carboxylic acids is 3. The highest BCUT2D eigenvalue weighted by molar-refractivity contribution is 6.05. The van der Waals surface area contributed by atoms with Gasteiger partial charge in [-0.1, -0.05) is 54.6 Å². The summed E-state index contributed by atoms with van der Waals surface area (Å²) in [5, 5.41) is 5.63. The van der Waals surface area contributed by atoms with Gasteiger partial charge >= 0.3 is 12.1 Å². The van der Waals surface area contributed by atoms with Crippen molar-refractivity contribution >= 4 is 23.7 Å². The second-order valence-electron chi connectivity index (χ2n) is 13.2. The van der Waals surface area contributed by atoms with Crippen LogP contribution in [0, 0.1) is 5.82 Å². The Labute approximate surface area is 270 Å². The molecule has 0 aliphatic heterocycles. The van der Waals surface area contributed by atoms with E-state index in [0.717, 1.165) is 11.1 Å². The molecule has 240 valence electrons. The monoisotopic (exact) mass is 624 g/mol. The van der Waals surface area contributed by atoms with Crippen LogP contribution in [0.4, 0.5) is 14.9 Å². The molecule has 46 heavy (non-hydrogen) atoms. The first-order valence-corrected chi connectivity index (χ1v) is 15.2. The van der Waals surface area contributed by atoms with E-state index in [9.17, 15) is 18.8 Å². The molecule has 4 aromatic rings. The molecule has 7 nitrogen and oxygen atoms in total. The second kappa shape index (κ2) is 14.4. The lowest BCUT2D eigenvalue weighted by atomic mass is 9.95. The molecule has 0 saturated carbocycles. The highest BCUT2D eigenvalue weighted by atomic mass is 19.1. The molecule has 0 aliphatic carbocycles. The van der Waals surface area contributed by atoms with Crippen LogP contribution in [0.15, 0.2) is 91.0 Å². The van der Waals surface area contributed by atoms with Gasteiger partial charge < -0.3 is 20.1 Å². The Morgan fingerprint density at radius 1 is 0.696 bits per heavy atom. The number of alkyl carbamates (subject to hydrolysis) is 1. The minimum absolute atomic E-state index is 0.00355. The van der Waals surface area contributed by atoms with Gasteiger partial charge in [0.15, 0.2) is 0 Å². The maximum absolute atomic E-state index is 14.9. The van der Waals surface area contributed by atoms with Crippen LogP contribution in [0.3, 0.4) is 0 Å². The van der Waals surface area contributed by atoms with Crippen LogP contribution in [-0.2, 0) is 33.7 Å². The fourth-order valence-corrected chi connectivity index (χ4v) is 4.85. The molecule has 0 heterocycles. The van der Waals surface area contributed by atoms with Gasteiger partial charge in [0.2, 0.25) is 0 Å². The lowest BCUT2D eigenvalue weighted by molar-refractivity contribution is -0.153. The number of carbonyl (C=O) groups is 3. The van der Waals surface area contributed by atoms with E-state index in [-0.39, 0.29) is 18.9 Å². The smallest absolute Gasteiger partial charge is 0.407 e. The molecular formula is C38H41FN2O5. The van der Waals surface area contributed by atoms with E-state index in [0.29, 0.717) is 39.9 Å². The molecule has 0 aliphatic rings. The van der Waals surface area contributed by atoms with Crippen LogP contribution < -0.4 is 10.6 Å². The molecule has 0 unspecified atom stereocenters. The molecule has 0 spiro atoms. The fourth-order valence-electron chi connectivity index (χ4n) is 4.85. The van der Waals surface area contributed by atoms with Gasteiger partial charge in [-0.15, -0.1) is 0 Å². The molecule has 4 aromatic carbocycles. The third-order valence-electron chi connectivity index (χ3n) is 6.65. The number of esters is 1. The molecule has 0 fully saturated rings. The van der Waals surface area contributed by atoms with Crippen LogP contribution in [-0.4, -0.2) is 29.2 Å². The van der Waals surface area contributed by atoms with Crippen molar-refractivity contribution in [1.29, 1.82) is 0 Å². The molecule has 2 N–H and O–H groups in total. The Morgan fingerprint density at radius 3 is 2.02 bits per heavy atom. The summed E-state index contributed by atoms with van der Waals surface area (Å²) in [4.78, 5) is 38.5. The predicted octanol–water partition coefficient (Wildman–Crippen LogP) is 8.24. The van der Waals surface area contributed by atoms with Crippen molar-refractivity contribution in [3.05, 3.63) is 125 Å². The molecule has 8 heteroatoms. The zero-order chi connectivity index (χ0) is 33.5. The molecule has 2 amide bonds. The summed E-state index contributed by atoms with van der Waals surface area (Å²) < 4.78 is 25.7. The first-order chi connectivity index (χ1) is 21.6. The Morgan fingerprint density at radius 2 is 1.33 bits per heavy atom. The van der Waals surface area contributed by atoms with Gasteiger partial charge in [-0.2, -0.15) is 0 Å². The predicted molar refractivity (Wildman–Crippen MR) is 178 cm³/mol. The van der Waals surface area contributed by atoms with Gasteiger partial charge in [-0.05, 0) is 118 Å². The number of para-hydroxylation sites is 1. The number of ether oxygens (including phenoxy) is 2. The minimum atomic E-state index is -0.663. The van der Waals surface area contributed by atoms with Crippen molar-refractivity contribution in [2.45, 2.75) is 72.1 Å². The number of anilines is 1. The van der Waals surface area contributed by atoms with Crippen molar-refractivity contribution in [2.24, 2.45) is 0 Å². The number of halogens is 1. The molecule has 4 rings (SSSR count). The first kappa shape index (κ1) is 33.9. The van der Waals surface area contributed by atoms with Crippen LogP contribution in [0.2, 0.25) is 0 Å². The van der Waals surface area contributed by atoms with Gasteiger partial charge in [0.05, 0.1) is 6.42 Å².